The maximum Gasteiger partial charge on any atom is 0.333 e. The monoisotopic (exact) mass is 345 g/mol. The molecule has 1 unspecified atom stereocenters. The smallest absolute Gasteiger partial charge is 0.333 e. The number of halogens is 2. The molecule has 1 atom stereocenters. The van der Waals surface area contributed by atoms with Crippen LogP contribution in [0.3, 0.4) is 0 Å². The van der Waals surface area contributed by atoms with Crippen LogP contribution in [0.4, 0.5) is 20.3 Å². The number of hydrogen-bond donors (Lipinski definition) is 0. The van der Waals surface area contributed by atoms with Crippen LogP contribution in [0.2, 0.25) is 0 Å². The number of hydrogen-bond acceptors (Lipinski definition) is 5. The third-order valence-corrected chi connectivity index (χ3v) is 4.49. The second kappa shape index (κ2) is 5.47. The first-order chi connectivity index (χ1) is 12.0. The van der Waals surface area contributed by atoms with Crippen molar-refractivity contribution in [2.75, 3.05) is 11.4 Å². The molecule has 9 heteroatoms. The Bertz CT molecular complexity index is 1000. The normalized spacial score (nSPS) is 14.8. The van der Waals surface area contributed by atoms with E-state index in [1.165, 1.54) is 4.52 Å². The largest absolute Gasteiger partial charge is 0.349 e. The van der Waals surface area contributed by atoms with Crippen molar-refractivity contribution in [3.63, 3.8) is 0 Å². The molecule has 0 radical (unpaired) electrons. The molecule has 0 aliphatic carbocycles. The van der Waals surface area contributed by atoms with Gasteiger partial charge >= 0.3 is 5.69 Å². The van der Waals surface area contributed by atoms with E-state index in [-0.39, 0.29) is 16.9 Å². The minimum Gasteiger partial charge on any atom is -0.349 e. The Morgan fingerprint density at radius 3 is 2.92 bits per heavy atom. The summed E-state index contributed by atoms with van der Waals surface area (Å²) < 4.78 is 29.0. The first kappa shape index (κ1) is 15.4. The maximum absolute atomic E-state index is 14.1. The van der Waals surface area contributed by atoms with Crippen LogP contribution in [-0.4, -0.2) is 26.1 Å². The number of benzene rings is 1. The Balaban J connectivity index is 1.80. The van der Waals surface area contributed by atoms with Gasteiger partial charge in [-0.05, 0) is 31.5 Å². The van der Waals surface area contributed by atoms with Crippen LogP contribution in [0.25, 0.3) is 5.65 Å². The number of rotatable bonds is 3. The molecule has 0 bridgehead atoms. The van der Waals surface area contributed by atoms with Crippen molar-refractivity contribution in [2.24, 2.45) is 0 Å². The highest BCUT2D eigenvalue weighted by Crippen LogP contribution is 2.35. The van der Waals surface area contributed by atoms with Crippen molar-refractivity contribution in [2.45, 2.75) is 19.4 Å². The molecule has 0 N–H and O–H groups in total. The average molecular weight is 345 g/mol. The van der Waals surface area contributed by atoms with E-state index in [9.17, 15) is 18.9 Å². The van der Waals surface area contributed by atoms with Gasteiger partial charge in [-0.25, -0.2) is 18.3 Å². The van der Waals surface area contributed by atoms with E-state index < -0.39 is 22.6 Å². The summed E-state index contributed by atoms with van der Waals surface area (Å²) in [5.74, 6) is -0.483. The van der Waals surface area contributed by atoms with Gasteiger partial charge in [-0.15, -0.1) is 0 Å². The van der Waals surface area contributed by atoms with Crippen LogP contribution < -0.4 is 4.90 Å². The van der Waals surface area contributed by atoms with Gasteiger partial charge in [0.2, 0.25) is 5.65 Å². The summed E-state index contributed by atoms with van der Waals surface area (Å²) in [4.78, 5) is 16.8. The van der Waals surface area contributed by atoms with Crippen LogP contribution in [0.5, 0.6) is 0 Å². The minimum absolute atomic E-state index is 0.127. The molecule has 128 valence electrons. The third-order valence-electron chi connectivity index (χ3n) is 4.49. The summed E-state index contributed by atoms with van der Waals surface area (Å²) >= 11 is 0. The molecule has 0 saturated carbocycles. The number of fused-ring (bicyclic) bond motifs is 2. The van der Waals surface area contributed by atoms with Gasteiger partial charge in [0.05, 0.1) is 11.0 Å². The maximum atomic E-state index is 14.1. The van der Waals surface area contributed by atoms with E-state index in [1.807, 2.05) is 4.90 Å². The van der Waals surface area contributed by atoms with Crippen molar-refractivity contribution in [3.8, 4) is 0 Å². The molecule has 1 aromatic carbocycles. The standard InChI is InChI=1S/C16H13F2N5O2/c1-9(12-6-11(17)2-3-13(12)18)21-5-4-10-8-22-16(20-15(10)21)14(7-19-22)23(24)25/h2-3,6-9H,4-5H2,1H3. The van der Waals surface area contributed by atoms with Crippen molar-refractivity contribution in [1.82, 2.24) is 14.6 Å². The lowest BCUT2D eigenvalue weighted by atomic mass is 10.1. The molecule has 7 nitrogen and oxygen atoms in total. The van der Waals surface area contributed by atoms with Gasteiger partial charge in [0, 0.05) is 23.9 Å². The molecule has 0 spiro atoms. The van der Waals surface area contributed by atoms with Crippen molar-refractivity contribution in [1.29, 1.82) is 0 Å². The zero-order valence-corrected chi connectivity index (χ0v) is 13.2. The molecule has 1 aliphatic heterocycles. The molecule has 4 rings (SSSR count). The first-order valence-corrected chi connectivity index (χ1v) is 7.69. The topological polar surface area (TPSA) is 76.6 Å². The fourth-order valence-electron chi connectivity index (χ4n) is 3.21. The Kier molecular flexibility index (Phi) is 3.38. The lowest BCUT2D eigenvalue weighted by Gasteiger charge is -2.27. The van der Waals surface area contributed by atoms with E-state index >= 15 is 0 Å². The van der Waals surface area contributed by atoms with Crippen LogP contribution in [0.1, 0.15) is 24.1 Å². The number of anilines is 1. The van der Waals surface area contributed by atoms with Gasteiger partial charge in [0.25, 0.3) is 0 Å². The van der Waals surface area contributed by atoms with Crippen molar-refractivity contribution < 1.29 is 13.7 Å². The quantitative estimate of drug-likeness (QED) is 0.539. The lowest BCUT2D eigenvalue weighted by molar-refractivity contribution is -0.383. The van der Waals surface area contributed by atoms with E-state index in [4.69, 9.17) is 0 Å². The second-order valence-electron chi connectivity index (χ2n) is 5.93. The van der Waals surface area contributed by atoms with Gasteiger partial charge in [0.1, 0.15) is 23.6 Å². The summed E-state index contributed by atoms with van der Waals surface area (Å²) in [7, 11) is 0. The van der Waals surface area contributed by atoms with Gasteiger partial charge < -0.3 is 4.90 Å². The Morgan fingerprint density at radius 1 is 1.36 bits per heavy atom. The molecule has 0 saturated heterocycles. The Morgan fingerprint density at radius 2 is 2.16 bits per heavy atom. The highest BCUT2D eigenvalue weighted by Gasteiger charge is 2.30. The van der Waals surface area contributed by atoms with E-state index in [1.54, 1.807) is 13.1 Å². The first-order valence-electron chi connectivity index (χ1n) is 7.69. The molecule has 3 aromatic rings. The number of aromatic nitrogens is 3. The zero-order chi connectivity index (χ0) is 17.7. The van der Waals surface area contributed by atoms with Gasteiger partial charge in [-0.3, -0.25) is 10.1 Å². The molecule has 0 amide bonds. The predicted molar refractivity (Wildman–Crippen MR) is 85.5 cm³/mol. The van der Waals surface area contributed by atoms with Gasteiger partial charge in [-0.1, -0.05) is 0 Å². The van der Waals surface area contributed by atoms with Crippen molar-refractivity contribution >= 4 is 17.2 Å². The van der Waals surface area contributed by atoms with Crippen LogP contribution >= 0.6 is 0 Å². The van der Waals surface area contributed by atoms with Gasteiger partial charge in [0.15, 0.2) is 0 Å². The predicted octanol–water partition coefficient (Wildman–Crippen LogP) is 3.04. The van der Waals surface area contributed by atoms with Gasteiger partial charge in [-0.2, -0.15) is 5.10 Å². The number of nitrogens with zero attached hydrogens (tertiary/aromatic N) is 5. The highest BCUT2D eigenvalue weighted by molar-refractivity contribution is 5.65. The van der Waals surface area contributed by atoms with Crippen molar-refractivity contribution in [3.05, 3.63) is 63.5 Å². The fraction of sp³-hybridized carbons (Fsp3) is 0.250. The van der Waals surface area contributed by atoms with E-state index in [0.29, 0.717) is 18.8 Å². The number of nitro groups is 1. The van der Waals surface area contributed by atoms with E-state index in [2.05, 4.69) is 10.1 Å². The summed E-state index contributed by atoms with van der Waals surface area (Å²) in [6.45, 7) is 2.31. The van der Waals surface area contributed by atoms with Crippen LogP contribution in [0.15, 0.2) is 30.6 Å². The minimum atomic E-state index is -0.545. The summed E-state index contributed by atoms with van der Waals surface area (Å²) in [6, 6.07) is 2.86. The lowest BCUT2D eigenvalue weighted by Crippen LogP contribution is -2.26. The zero-order valence-electron chi connectivity index (χ0n) is 13.2. The molecular formula is C16H13F2N5O2. The second-order valence-corrected chi connectivity index (χ2v) is 5.93. The molecule has 3 heterocycles. The van der Waals surface area contributed by atoms with E-state index in [0.717, 1.165) is 30.0 Å². The molecule has 25 heavy (non-hydrogen) atoms. The molecule has 0 fully saturated rings. The molecule has 1 aliphatic rings. The fourth-order valence-corrected chi connectivity index (χ4v) is 3.21. The summed E-state index contributed by atoms with van der Waals surface area (Å²) in [5, 5.41) is 15.1. The SMILES string of the molecule is CC(c1cc(F)ccc1F)N1CCc2cn3ncc([N+](=O)[O-])c3nc21. The summed E-state index contributed by atoms with van der Waals surface area (Å²) in [6.07, 6.45) is 3.49. The summed E-state index contributed by atoms with van der Waals surface area (Å²) in [5.41, 5.74) is 1.01. The Hall–Kier alpha value is -3.10. The highest BCUT2D eigenvalue weighted by atomic mass is 19.1. The Labute approximate surface area is 140 Å². The van der Waals surface area contributed by atoms with Crippen LogP contribution in [0, 0.1) is 21.7 Å². The van der Waals surface area contributed by atoms with Crippen LogP contribution in [-0.2, 0) is 6.42 Å². The molecular weight excluding hydrogens is 332 g/mol. The molecule has 2 aromatic heterocycles. The average Bonchev–Trinajstić information content (AvgIpc) is 3.17. The third kappa shape index (κ3) is 2.39.